The molecule has 144 valence electrons. The van der Waals surface area contributed by atoms with Crippen molar-refractivity contribution in [3.05, 3.63) is 46.5 Å². The summed E-state index contributed by atoms with van der Waals surface area (Å²) < 4.78 is 5.03. The molecular weight excluding hydrogens is 350 g/mol. The van der Waals surface area contributed by atoms with E-state index in [0.717, 1.165) is 30.1 Å². The van der Waals surface area contributed by atoms with Crippen LogP contribution in [0, 0.1) is 0 Å². The van der Waals surface area contributed by atoms with Gasteiger partial charge in [0, 0.05) is 44.4 Å². The Labute approximate surface area is 161 Å². The van der Waals surface area contributed by atoms with Crippen LogP contribution in [-0.4, -0.2) is 56.2 Å². The molecule has 1 heterocycles. The first-order chi connectivity index (χ1) is 12.5. The highest BCUT2D eigenvalue weighted by molar-refractivity contribution is 6.30. The second-order valence-electron chi connectivity index (χ2n) is 6.81. The summed E-state index contributed by atoms with van der Waals surface area (Å²) in [5.74, 6) is 0.0659. The number of ether oxygens (including phenoxy) is 1. The van der Waals surface area contributed by atoms with E-state index in [1.54, 1.807) is 7.11 Å². The van der Waals surface area contributed by atoms with Crippen LogP contribution in [0.25, 0.3) is 0 Å². The average molecular weight is 380 g/mol. The fourth-order valence-electron chi connectivity index (χ4n) is 3.17. The third-order valence-electron chi connectivity index (χ3n) is 4.75. The van der Waals surface area contributed by atoms with Gasteiger partial charge in [0.25, 0.3) is 0 Å². The monoisotopic (exact) mass is 379 g/mol. The molecule has 0 aliphatic carbocycles. The predicted molar refractivity (Wildman–Crippen MR) is 106 cm³/mol. The second-order valence-corrected chi connectivity index (χ2v) is 7.24. The molecule has 1 amide bonds. The van der Waals surface area contributed by atoms with Crippen LogP contribution in [0.2, 0.25) is 5.02 Å². The van der Waals surface area contributed by atoms with Gasteiger partial charge in [-0.15, -0.1) is 0 Å². The summed E-state index contributed by atoms with van der Waals surface area (Å²) in [6.45, 7) is 7.62. The maximum atomic E-state index is 12.7. The van der Waals surface area contributed by atoms with E-state index in [-0.39, 0.29) is 11.9 Å². The predicted octanol–water partition coefficient (Wildman–Crippen LogP) is 2.60. The number of carbonyl (C=O) groups excluding carboxylic acids is 1. The van der Waals surface area contributed by atoms with Crippen molar-refractivity contribution < 1.29 is 9.53 Å². The molecule has 0 saturated carbocycles. The van der Waals surface area contributed by atoms with Gasteiger partial charge in [-0.25, -0.2) is 0 Å². The fourth-order valence-corrected chi connectivity index (χ4v) is 3.38. The lowest BCUT2D eigenvalue weighted by Crippen LogP contribution is -2.43. The Morgan fingerprint density at radius 3 is 2.96 bits per heavy atom. The van der Waals surface area contributed by atoms with E-state index in [9.17, 15) is 4.79 Å². The van der Waals surface area contributed by atoms with Crippen molar-refractivity contribution in [1.82, 2.24) is 15.5 Å². The van der Waals surface area contributed by atoms with Crippen molar-refractivity contribution in [3.63, 3.8) is 0 Å². The van der Waals surface area contributed by atoms with Gasteiger partial charge in [0.2, 0.25) is 5.91 Å². The zero-order valence-electron chi connectivity index (χ0n) is 15.9. The smallest absolute Gasteiger partial charge is 0.237 e. The number of carbonyl (C=O) groups is 1. The lowest BCUT2D eigenvalue weighted by molar-refractivity contribution is -0.125. The van der Waals surface area contributed by atoms with E-state index in [1.807, 2.05) is 25.1 Å². The van der Waals surface area contributed by atoms with Crippen LogP contribution in [0.5, 0.6) is 0 Å². The molecule has 0 aromatic heterocycles. The van der Waals surface area contributed by atoms with Crippen molar-refractivity contribution in [2.45, 2.75) is 38.9 Å². The first-order valence-corrected chi connectivity index (χ1v) is 9.51. The van der Waals surface area contributed by atoms with Gasteiger partial charge >= 0.3 is 0 Å². The number of hydrogen-bond donors (Lipinski definition) is 2. The molecule has 6 heteroatoms. The normalized spacial score (nSPS) is 21.2. The Balaban J connectivity index is 2.02. The highest BCUT2D eigenvalue weighted by Crippen LogP contribution is 2.22. The Hall–Kier alpha value is -1.40. The molecule has 1 aliphatic heterocycles. The number of benzene rings is 1. The third kappa shape index (κ3) is 6.40. The van der Waals surface area contributed by atoms with Crippen LogP contribution in [0.3, 0.4) is 0 Å². The standard InChI is InChI=1S/C20H30ClN3O2/c1-4-15(2)12-23-18-11-19(20(25)22-8-9-26-3)24(14-18)13-16-6-5-7-17(21)10-16/h4-7,10,18-19,23H,8-9,11-14H2,1-3H3,(H,22,25)/t18-,19+/m1/s1. The van der Waals surface area contributed by atoms with Gasteiger partial charge in [-0.2, -0.15) is 0 Å². The zero-order valence-corrected chi connectivity index (χ0v) is 16.7. The van der Waals surface area contributed by atoms with Crippen LogP contribution >= 0.6 is 11.6 Å². The van der Waals surface area contributed by atoms with Gasteiger partial charge in [-0.05, 0) is 38.0 Å². The molecule has 0 unspecified atom stereocenters. The summed E-state index contributed by atoms with van der Waals surface area (Å²) in [5.41, 5.74) is 2.43. The lowest BCUT2D eigenvalue weighted by Gasteiger charge is -2.23. The van der Waals surface area contributed by atoms with Gasteiger partial charge in [0.15, 0.2) is 0 Å². The minimum absolute atomic E-state index is 0.0659. The first-order valence-electron chi connectivity index (χ1n) is 9.13. The molecule has 2 atom stereocenters. The fraction of sp³-hybridized carbons (Fsp3) is 0.550. The molecule has 5 nitrogen and oxygen atoms in total. The Morgan fingerprint density at radius 2 is 2.27 bits per heavy atom. The van der Waals surface area contributed by atoms with Crippen LogP contribution in [0.4, 0.5) is 0 Å². The quantitative estimate of drug-likeness (QED) is 0.511. The highest BCUT2D eigenvalue weighted by Gasteiger charge is 2.36. The first kappa shape index (κ1) is 20.9. The second kappa shape index (κ2) is 10.7. The van der Waals surface area contributed by atoms with Gasteiger partial charge in [-0.1, -0.05) is 35.4 Å². The molecule has 26 heavy (non-hydrogen) atoms. The number of rotatable bonds is 9. The molecule has 0 bridgehead atoms. The molecule has 1 aliphatic rings. The van der Waals surface area contributed by atoms with E-state index in [2.05, 4.69) is 34.6 Å². The number of likely N-dealkylation sites (tertiary alicyclic amines) is 1. The lowest BCUT2D eigenvalue weighted by atomic mass is 10.1. The van der Waals surface area contributed by atoms with Crippen LogP contribution in [-0.2, 0) is 16.1 Å². The van der Waals surface area contributed by atoms with Crippen LogP contribution < -0.4 is 10.6 Å². The summed E-state index contributed by atoms with van der Waals surface area (Å²) in [7, 11) is 1.64. The van der Waals surface area contributed by atoms with E-state index < -0.39 is 0 Å². The summed E-state index contributed by atoms with van der Waals surface area (Å²) in [6.07, 6.45) is 2.91. The van der Waals surface area contributed by atoms with E-state index in [0.29, 0.717) is 25.7 Å². The summed E-state index contributed by atoms with van der Waals surface area (Å²) >= 11 is 6.11. The Bertz CT molecular complexity index is 621. The van der Waals surface area contributed by atoms with Gasteiger partial charge in [0.1, 0.15) is 0 Å². The Morgan fingerprint density at radius 1 is 1.46 bits per heavy atom. The minimum Gasteiger partial charge on any atom is -0.383 e. The number of allylic oxidation sites excluding steroid dienone is 1. The molecule has 1 saturated heterocycles. The minimum atomic E-state index is -0.144. The van der Waals surface area contributed by atoms with Crippen molar-refractivity contribution >= 4 is 17.5 Å². The number of hydrogen-bond acceptors (Lipinski definition) is 4. The van der Waals surface area contributed by atoms with Gasteiger partial charge < -0.3 is 15.4 Å². The maximum Gasteiger partial charge on any atom is 0.237 e. The largest absolute Gasteiger partial charge is 0.383 e. The molecule has 1 aromatic rings. The molecule has 2 N–H and O–H groups in total. The average Bonchev–Trinajstić information content (AvgIpc) is 3.02. The number of methoxy groups -OCH3 is 1. The van der Waals surface area contributed by atoms with Gasteiger partial charge in [0.05, 0.1) is 12.6 Å². The molecule has 2 rings (SSSR count). The van der Waals surface area contributed by atoms with Crippen molar-refractivity contribution in [2.24, 2.45) is 0 Å². The van der Waals surface area contributed by atoms with Gasteiger partial charge in [-0.3, -0.25) is 9.69 Å². The molecule has 0 radical (unpaired) electrons. The molecular formula is C20H30ClN3O2. The topological polar surface area (TPSA) is 53.6 Å². The SMILES string of the molecule is CC=C(C)CN[C@@H]1C[C@@H](C(=O)NCCOC)N(Cc2cccc(Cl)c2)C1. The Kier molecular flexibility index (Phi) is 8.59. The van der Waals surface area contributed by atoms with Crippen molar-refractivity contribution in [3.8, 4) is 0 Å². The number of halogens is 1. The molecule has 1 aromatic carbocycles. The number of nitrogens with zero attached hydrogens (tertiary/aromatic N) is 1. The van der Waals surface area contributed by atoms with Crippen molar-refractivity contribution in [2.75, 3.05) is 33.4 Å². The van der Waals surface area contributed by atoms with Crippen LogP contribution in [0.15, 0.2) is 35.9 Å². The summed E-state index contributed by atoms with van der Waals surface area (Å²) in [5, 5.41) is 7.27. The summed E-state index contributed by atoms with van der Waals surface area (Å²) in [6, 6.07) is 7.99. The van der Waals surface area contributed by atoms with E-state index >= 15 is 0 Å². The number of amides is 1. The van der Waals surface area contributed by atoms with Crippen LogP contribution in [0.1, 0.15) is 25.8 Å². The summed E-state index contributed by atoms with van der Waals surface area (Å²) in [4.78, 5) is 14.9. The van der Waals surface area contributed by atoms with Crippen molar-refractivity contribution in [1.29, 1.82) is 0 Å². The third-order valence-corrected chi connectivity index (χ3v) is 4.98. The van der Waals surface area contributed by atoms with E-state index in [1.165, 1.54) is 5.57 Å². The van der Waals surface area contributed by atoms with E-state index in [4.69, 9.17) is 16.3 Å². The molecule has 1 fully saturated rings. The molecule has 0 spiro atoms. The maximum absolute atomic E-state index is 12.7. The highest BCUT2D eigenvalue weighted by atomic mass is 35.5. The number of nitrogens with one attached hydrogen (secondary N) is 2. The zero-order chi connectivity index (χ0) is 18.9.